The van der Waals surface area contributed by atoms with Gasteiger partial charge >= 0.3 is 0 Å². The van der Waals surface area contributed by atoms with Gasteiger partial charge in [0.05, 0.1) is 5.56 Å². The monoisotopic (exact) mass is 370 g/mol. The third kappa shape index (κ3) is 3.74. The maximum absolute atomic E-state index is 12.6. The van der Waals surface area contributed by atoms with E-state index in [9.17, 15) is 4.79 Å². The molecule has 0 bridgehead atoms. The number of aromatic nitrogens is 2. The molecule has 3 heterocycles. The third-order valence-electron chi connectivity index (χ3n) is 4.83. The second-order valence-corrected chi connectivity index (χ2v) is 6.66. The number of anilines is 2. The highest BCUT2D eigenvalue weighted by molar-refractivity contribution is 5.94. The first-order valence-corrected chi connectivity index (χ1v) is 9.29. The number of hydrogen-bond acceptors (Lipinski definition) is 3. The molecule has 0 fully saturated rings. The lowest BCUT2D eigenvalue weighted by atomic mass is 10.2. The summed E-state index contributed by atoms with van der Waals surface area (Å²) in [6.07, 6.45) is 6.21. The molecule has 0 aliphatic rings. The number of amides is 1. The van der Waals surface area contributed by atoms with Crippen LogP contribution in [0.3, 0.4) is 0 Å². The molecule has 140 valence electrons. The maximum atomic E-state index is 12.6. The van der Waals surface area contributed by atoms with Crippen LogP contribution in [0.1, 0.15) is 15.9 Å². The van der Waals surface area contributed by atoms with Crippen molar-refractivity contribution in [3.05, 3.63) is 96.4 Å². The van der Waals surface area contributed by atoms with Crippen LogP contribution in [-0.2, 0) is 6.42 Å². The average Bonchev–Trinajstić information content (AvgIpc) is 3.18. The predicted molar refractivity (Wildman–Crippen MR) is 112 cm³/mol. The molecule has 0 aliphatic carbocycles. The van der Waals surface area contributed by atoms with Crippen molar-refractivity contribution in [2.75, 3.05) is 18.5 Å². The molecular formula is C23H22N4O. The predicted octanol–water partition coefficient (Wildman–Crippen LogP) is 4.07. The Hall–Kier alpha value is -3.60. The van der Waals surface area contributed by atoms with Gasteiger partial charge in [0.15, 0.2) is 0 Å². The third-order valence-corrected chi connectivity index (χ3v) is 4.83. The molecule has 0 unspecified atom stereocenters. The fourth-order valence-corrected chi connectivity index (χ4v) is 3.25. The normalized spacial score (nSPS) is 10.8. The summed E-state index contributed by atoms with van der Waals surface area (Å²) in [6.45, 7) is 0.587. The van der Waals surface area contributed by atoms with E-state index in [2.05, 4.69) is 39.5 Å². The Bertz CT molecular complexity index is 1070. The number of hydrogen-bond donors (Lipinski definition) is 1. The molecule has 28 heavy (non-hydrogen) atoms. The quantitative estimate of drug-likeness (QED) is 0.556. The van der Waals surface area contributed by atoms with E-state index in [4.69, 9.17) is 0 Å². The van der Waals surface area contributed by atoms with Crippen LogP contribution in [0.15, 0.2) is 85.3 Å². The standard InChI is InChI=1S/C23H22N4O/c1-26(20-5-3-2-4-6-20)22-10-9-21-8-7-19(17-27(21)22)23(28)25-16-13-18-11-14-24-15-12-18/h2-12,14-15,17H,13,16H2,1H3,(H,25,28). The Kier molecular flexibility index (Phi) is 5.06. The van der Waals surface area contributed by atoms with Crippen LogP contribution in [0.4, 0.5) is 11.5 Å². The number of carbonyl (C=O) groups is 1. The number of nitrogens with zero attached hydrogens (tertiary/aromatic N) is 3. The SMILES string of the molecule is CN(c1ccccc1)c1ccc2ccc(C(=O)NCCc3ccncc3)cn12. The molecule has 5 nitrogen and oxygen atoms in total. The van der Waals surface area contributed by atoms with E-state index in [0.717, 1.165) is 29.0 Å². The van der Waals surface area contributed by atoms with Crippen LogP contribution in [0.5, 0.6) is 0 Å². The highest BCUT2D eigenvalue weighted by Crippen LogP contribution is 2.26. The lowest BCUT2D eigenvalue weighted by Crippen LogP contribution is -2.26. The largest absolute Gasteiger partial charge is 0.352 e. The maximum Gasteiger partial charge on any atom is 0.252 e. The van der Waals surface area contributed by atoms with Crippen LogP contribution in [-0.4, -0.2) is 28.9 Å². The molecule has 0 radical (unpaired) electrons. The minimum absolute atomic E-state index is 0.0713. The van der Waals surface area contributed by atoms with Crippen molar-refractivity contribution in [1.29, 1.82) is 0 Å². The van der Waals surface area contributed by atoms with Gasteiger partial charge in [0.2, 0.25) is 0 Å². The number of benzene rings is 1. The van der Waals surface area contributed by atoms with E-state index < -0.39 is 0 Å². The Morgan fingerprint density at radius 1 is 1.00 bits per heavy atom. The summed E-state index contributed by atoms with van der Waals surface area (Å²) in [6, 6.07) is 22.0. The van der Waals surface area contributed by atoms with E-state index in [1.165, 1.54) is 0 Å². The van der Waals surface area contributed by atoms with Crippen molar-refractivity contribution in [1.82, 2.24) is 14.7 Å². The molecule has 0 spiro atoms. The molecule has 5 heteroatoms. The van der Waals surface area contributed by atoms with Gasteiger partial charge in [0.1, 0.15) is 5.82 Å². The van der Waals surface area contributed by atoms with Gasteiger partial charge in [0.25, 0.3) is 5.91 Å². The molecule has 0 atom stereocenters. The number of fused-ring (bicyclic) bond motifs is 1. The molecule has 0 aliphatic heterocycles. The van der Waals surface area contributed by atoms with Crippen LogP contribution in [0.25, 0.3) is 5.52 Å². The van der Waals surface area contributed by atoms with Crippen molar-refractivity contribution >= 4 is 22.9 Å². The first-order valence-electron chi connectivity index (χ1n) is 9.29. The molecule has 0 saturated heterocycles. The lowest BCUT2D eigenvalue weighted by Gasteiger charge is -2.19. The fraction of sp³-hybridized carbons (Fsp3) is 0.130. The Labute approximate surface area is 164 Å². The lowest BCUT2D eigenvalue weighted by molar-refractivity contribution is 0.0953. The summed E-state index contributed by atoms with van der Waals surface area (Å²) in [5.74, 6) is 0.936. The zero-order valence-corrected chi connectivity index (χ0v) is 15.7. The number of rotatable bonds is 6. The molecule has 0 saturated carbocycles. The van der Waals surface area contributed by atoms with Gasteiger partial charge in [-0.2, -0.15) is 0 Å². The second kappa shape index (κ2) is 7.96. The van der Waals surface area contributed by atoms with Gasteiger partial charge < -0.3 is 14.6 Å². The first-order chi connectivity index (χ1) is 13.7. The number of pyridine rings is 2. The summed E-state index contributed by atoms with van der Waals surface area (Å²) in [5.41, 5.74) is 3.94. The van der Waals surface area contributed by atoms with Gasteiger partial charge in [-0.15, -0.1) is 0 Å². The number of nitrogens with one attached hydrogen (secondary N) is 1. The van der Waals surface area contributed by atoms with E-state index in [1.54, 1.807) is 12.4 Å². The van der Waals surface area contributed by atoms with Crippen LogP contribution in [0, 0.1) is 0 Å². The number of carbonyl (C=O) groups excluding carboxylic acids is 1. The Balaban J connectivity index is 1.51. The second-order valence-electron chi connectivity index (χ2n) is 6.66. The van der Waals surface area contributed by atoms with Gasteiger partial charge in [0, 0.05) is 43.4 Å². The van der Waals surface area contributed by atoms with Gasteiger partial charge in [-0.05, 0) is 60.5 Å². The average molecular weight is 370 g/mol. The van der Waals surface area contributed by atoms with Crippen LogP contribution < -0.4 is 10.2 Å². The topological polar surface area (TPSA) is 49.6 Å². The summed E-state index contributed by atoms with van der Waals surface area (Å²) in [7, 11) is 2.03. The zero-order valence-electron chi connectivity index (χ0n) is 15.7. The van der Waals surface area contributed by atoms with Crippen molar-refractivity contribution < 1.29 is 4.79 Å². The summed E-state index contributed by atoms with van der Waals surface area (Å²) in [5, 5.41) is 3.00. The minimum atomic E-state index is -0.0713. The van der Waals surface area contributed by atoms with E-state index in [0.29, 0.717) is 12.1 Å². The van der Waals surface area contributed by atoms with Crippen molar-refractivity contribution in [3.8, 4) is 0 Å². The van der Waals surface area contributed by atoms with Crippen molar-refractivity contribution in [2.45, 2.75) is 6.42 Å². The van der Waals surface area contributed by atoms with Gasteiger partial charge in [-0.25, -0.2) is 0 Å². The fourth-order valence-electron chi connectivity index (χ4n) is 3.25. The highest BCUT2D eigenvalue weighted by atomic mass is 16.1. The van der Waals surface area contributed by atoms with E-state index >= 15 is 0 Å². The van der Waals surface area contributed by atoms with Crippen molar-refractivity contribution in [2.24, 2.45) is 0 Å². The molecule has 1 aromatic carbocycles. The molecule has 1 amide bonds. The zero-order chi connectivity index (χ0) is 19.3. The van der Waals surface area contributed by atoms with Crippen LogP contribution >= 0.6 is 0 Å². The summed E-state index contributed by atoms with van der Waals surface area (Å²) in [4.78, 5) is 18.7. The molecule has 1 N–H and O–H groups in total. The molecule has 4 rings (SSSR count). The Morgan fingerprint density at radius 3 is 2.54 bits per heavy atom. The minimum Gasteiger partial charge on any atom is -0.352 e. The highest BCUT2D eigenvalue weighted by Gasteiger charge is 2.11. The summed E-state index contributed by atoms with van der Waals surface area (Å²) < 4.78 is 2.05. The first kappa shape index (κ1) is 17.8. The molecule has 4 aromatic rings. The van der Waals surface area contributed by atoms with Gasteiger partial charge in [-0.1, -0.05) is 18.2 Å². The van der Waals surface area contributed by atoms with E-state index in [1.807, 2.05) is 60.1 Å². The smallest absolute Gasteiger partial charge is 0.252 e. The summed E-state index contributed by atoms with van der Waals surface area (Å²) >= 11 is 0. The van der Waals surface area contributed by atoms with Gasteiger partial charge in [-0.3, -0.25) is 9.78 Å². The molecule has 3 aromatic heterocycles. The van der Waals surface area contributed by atoms with Crippen molar-refractivity contribution in [3.63, 3.8) is 0 Å². The Morgan fingerprint density at radius 2 is 1.75 bits per heavy atom. The molecular weight excluding hydrogens is 348 g/mol. The van der Waals surface area contributed by atoms with E-state index in [-0.39, 0.29) is 5.91 Å². The number of para-hydroxylation sites is 1. The van der Waals surface area contributed by atoms with Crippen LogP contribution in [0.2, 0.25) is 0 Å².